The minimum Gasteiger partial charge on any atom is -0.375 e. The van der Waals surface area contributed by atoms with E-state index >= 15 is 0 Å². The Morgan fingerprint density at radius 1 is 1.03 bits per heavy atom. The molecule has 0 N–H and O–H groups in total. The molecule has 0 spiro atoms. The molecule has 2 aliphatic heterocycles. The Bertz CT molecular complexity index is 683. The maximum atomic E-state index is 12.8. The molecule has 2 amide bonds. The molecule has 160 valence electrons. The molecule has 1 aromatic rings. The highest BCUT2D eigenvalue weighted by molar-refractivity contribution is 5.94. The van der Waals surface area contributed by atoms with Crippen molar-refractivity contribution in [2.75, 3.05) is 57.8 Å². The predicted molar refractivity (Wildman–Crippen MR) is 117 cm³/mol. The number of rotatable bonds is 6. The van der Waals surface area contributed by atoms with Crippen molar-refractivity contribution in [3.05, 3.63) is 29.8 Å². The van der Waals surface area contributed by atoms with Gasteiger partial charge in [0.25, 0.3) is 5.91 Å². The van der Waals surface area contributed by atoms with E-state index in [4.69, 9.17) is 0 Å². The molecule has 6 heteroatoms. The molecule has 1 atom stereocenters. The van der Waals surface area contributed by atoms with Crippen molar-refractivity contribution in [2.24, 2.45) is 0 Å². The Labute approximate surface area is 175 Å². The summed E-state index contributed by atoms with van der Waals surface area (Å²) in [7, 11) is 2.07. The van der Waals surface area contributed by atoms with Gasteiger partial charge in [0.05, 0.1) is 6.54 Å². The molecule has 2 heterocycles. The summed E-state index contributed by atoms with van der Waals surface area (Å²) in [5.74, 6) is 0.328. The van der Waals surface area contributed by atoms with E-state index in [1.54, 1.807) is 0 Å². The standard InChI is InChI=1S/C23H36N4O2/c1-4-12-24(3)21-10-8-20(9-11-21)23(29)26-16-14-25(15-17-26)18-22(28)27-13-6-5-7-19(27)2/h8-11,19H,4-7,12-18H2,1-3H3/t19-/m0/s1. The van der Waals surface area contributed by atoms with Gasteiger partial charge in [-0.25, -0.2) is 0 Å². The average molecular weight is 401 g/mol. The van der Waals surface area contributed by atoms with Gasteiger partial charge in [0.15, 0.2) is 0 Å². The molecule has 0 bridgehead atoms. The Balaban J connectivity index is 1.48. The van der Waals surface area contributed by atoms with E-state index in [9.17, 15) is 9.59 Å². The largest absolute Gasteiger partial charge is 0.375 e. The van der Waals surface area contributed by atoms with Crippen LogP contribution in [0.1, 0.15) is 49.9 Å². The van der Waals surface area contributed by atoms with Crippen LogP contribution < -0.4 is 4.90 Å². The summed E-state index contributed by atoms with van der Waals surface area (Å²) >= 11 is 0. The first-order chi connectivity index (χ1) is 14.0. The second-order valence-corrected chi connectivity index (χ2v) is 8.47. The quantitative estimate of drug-likeness (QED) is 0.737. The number of hydrogen-bond donors (Lipinski definition) is 0. The van der Waals surface area contributed by atoms with Gasteiger partial charge < -0.3 is 14.7 Å². The second kappa shape index (κ2) is 10.1. The number of piperazine rings is 1. The first kappa shape index (κ1) is 21.6. The van der Waals surface area contributed by atoms with Crippen LogP contribution in [0.15, 0.2) is 24.3 Å². The first-order valence-electron chi connectivity index (χ1n) is 11.1. The van der Waals surface area contributed by atoms with Crippen molar-refractivity contribution in [1.29, 1.82) is 0 Å². The lowest BCUT2D eigenvalue weighted by Crippen LogP contribution is -2.53. The highest BCUT2D eigenvalue weighted by atomic mass is 16.2. The summed E-state index contributed by atoms with van der Waals surface area (Å²) < 4.78 is 0. The minimum absolute atomic E-state index is 0.0883. The van der Waals surface area contributed by atoms with E-state index in [-0.39, 0.29) is 11.8 Å². The van der Waals surface area contributed by atoms with Gasteiger partial charge in [-0.3, -0.25) is 14.5 Å². The Morgan fingerprint density at radius 3 is 2.34 bits per heavy atom. The monoisotopic (exact) mass is 400 g/mol. The number of benzene rings is 1. The zero-order valence-corrected chi connectivity index (χ0v) is 18.3. The highest BCUT2D eigenvalue weighted by Crippen LogP contribution is 2.18. The van der Waals surface area contributed by atoms with Crippen LogP contribution in [-0.2, 0) is 4.79 Å². The van der Waals surface area contributed by atoms with Crippen LogP contribution in [0.2, 0.25) is 0 Å². The molecule has 3 rings (SSSR count). The lowest BCUT2D eigenvalue weighted by atomic mass is 10.0. The minimum atomic E-state index is 0.0883. The van der Waals surface area contributed by atoms with Crippen LogP contribution in [0, 0.1) is 0 Å². The molecule has 0 aliphatic carbocycles. The smallest absolute Gasteiger partial charge is 0.253 e. The van der Waals surface area contributed by atoms with Gasteiger partial charge in [0.2, 0.25) is 5.91 Å². The third-order valence-corrected chi connectivity index (χ3v) is 6.26. The average Bonchev–Trinajstić information content (AvgIpc) is 2.74. The molecule has 2 aliphatic rings. The van der Waals surface area contributed by atoms with Gasteiger partial charge in [-0.2, -0.15) is 0 Å². The summed E-state index contributed by atoms with van der Waals surface area (Å²) in [6.45, 7) is 9.57. The molecule has 0 aromatic heterocycles. The molecular weight excluding hydrogens is 364 g/mol. The number of anilines is 1. The van der Waals surface area contributed by atoms with E-state index in [1.807, 2.05) is 34.1 Å². The topological polar surface area (TPSA) is 47.1 Å². The van der Waals surface area contributed by atoms with E-state index in [0.29, 0.717) is 25.7 Å². The number of likely N-dealkylation sites (tertiary alicyclic amines) is 1. The van der Waals surface area contributed by atoms with Crippen LogP contribution in [0.25, 0.3) is 0 Å². The zero-order valence-electron chi connectivity index (χ0n) is 18.3. The Morgan fingerprint density at radius 2 is 1.72 bits per heavy atom. The van der Waals surface area contributed by atoms with Crippen LogP contribution in [0.4, 0.5) is 5.69 Å². The van der Waals surface area contributed by atoms with Crippen molar-refractivity contribution >= 4 is 17.5 Å². The Kier molecular flexibility index (Phi) is 7.53. The van der Waals surface area contributed by atoms with Crippen LogP contribution in [0.5, 0.6) is 0 Å². The summed E-state index contributed by atoms with van der Waals surface area (Å²) in [6, 6.07) is 8.27. The maximum Gasteiger partial charge on any atom is 0.253 e. The number of hydrogen-bond acceptors (Lipinski definition) is 4. The molecule has 2 fully saturated rings. The van der Waals surface area contributed by atoms with Gasteiger partial charge in [-0.15, -0.1) is 0 Å². The summed E-state index contributed by atoms with van der Waals surface area (Å²) in [6.07, 6.45) is 4.55. The molecule has 0 saturated carbocycles. The van der Waals surface area contributed by atoms with Gasteiger partial charge in [0.1, 0.15) is 0 Å². The fraction of sp³-hybridized carbons (Fsp3) is 0.652. The SMILES string of the molecule is CCCN(C)c1ccc(C(=O)N2CCN(CC(=O)N3CCCC[C@@H]3C)CC2)cc1. The highest BCUT2D eigenvalue weighted by Gasteiger charge is 2.27. The lowest BCUT2D eigenvalue weighted by molar-refractivity contribution is -0.136. The third kappa shape index (κ3) is 5.50. The van der Waals surface area contributed by atoms with Gasteiger partial charge in [-0.05, 0) is 56.9 Å². The fourth-order valence-corrected chi connectivity index (χ4v) is 4.37. The third-order valence-electron chi connectivity index (χ3n) is 6.26. The number of carbonyl (C=O) groups is 2. The second-order valence-electron chi connectivity index (χ2n) is 8.47. The van der Waals surface area contributed by atoms with Crippen molar-refractivity contribution < 1.29 is 9.59 Å². The van der Waals surface area contributed by atoms with Crippen molar-refractivity contribution in [1.82, 2.24) is 14.7 Å². The number of nitrogens with zero attached hydrogens (tertiary/aromatic N) is 4. The van der Waals surface area contributed by atoms with Gasteiger partial charge >= 0.3 is 0 Å². The number of amides is 2. The van der Waals surface area contributed by atoms with Gasteiger partial charge in [-0.1, -0.05) is 6.92 Å². The van der Waals surface area contributed by atoms with Crippen molar-refractivity contribution in [2.45, 2.75) is 45.6 Å². The van der Waals surface area contributed by atoms with E-state index in [2.05, 4.69) is 30.7 Å². The molecule has 29 heavy (non-hydrogen) atoms. The van der Waals surface area contributed by atoms with Crippen molar-refractivity contribution in [3.8, 4) is 0 Å². The molecule has 2 saturated heterocycles. The van der Waals surface area contributed by atoms with E-state index in [1.165, 1.54) is 6.42 Å². The van der Waals surface area contributed by atoms with Crippen LogP contribution in [0.3, 0.4) is 0 Å². The van der Waals surface area contributed by atoms with Gasteiger partial charge in [0, 0.05) is 63.6 Å². The predicted octanol–water partition coefficient (Wildman–Crippen LogP) is 2.69. The fourth-order valence-electron chi connectivity index (χ4n) is 4.37. The van der Waals surface area contributed by atoms with E-state index in [0.717, 1.165) is 56.7 Å². The zero-order chi connectivity index (χ0) is 20.8. The number of piperidine rings is 1. The molecule has 0 radical (unpaired) electrons. The Hall–Kier alpha value is -2.08. The van der Waals surface area contributed by atoms with Crippen molar-refractivity contribution in [3.63, 3.8) is 0 Å². The molecule has 1 aromatic carbocycles. The summed E-state index contributed by atoms with van der Waals surface area (Å²) in [5, 5.41) is 0. The van der Waals surface area contributed by atoms with Crippen LogP contribution in [-0.4, -0.2) is 85.4 Å². The number of carbonyl (C=O) groups excluding carboxylic acids is 2. The molecule has 0 unspecified atom stereocenters. The normalized spacial score (nSPS) is 20.6. The first-order valence-corrected chi connectivity index (χ1v) is 11.1. The van der Waals surface area contributed by atoms with Crippen LogP contribution >= 0.6 is 0 Å². The summed E-state index contributed by atoms with van der Waals surface area (Å²) in [5.41, 5.74) is 1.88. The molecular formula is C23H36N4O2. The summed E-state index contributed by atoms with van der Waals surface area (Å²) in [4.78, 5) is 33.8. The maximum absolute atomic E-state index is 12.8. The molecule has 6 nitrogen and oxygen atoms in total. The lowest BCUT2D eigenvalue weighted by Gasteiger charge is -2.38. The van der Waals surface area contributed by atoms with E-state index < -0.39 is 0 Å².